The van der Waals surface area contributed by atoms with Gasteiger partial charge in [-0.15, -0.1) is 11.3 Å². The Morgan fingerprint density at radius 1 is 1.33 bits per heavy atom. The standard InChI is InChI=1S/C17H22N2OS/c1-11(2)10-20-15-7-5-14(6-8-15)16(18)9-17-19-12(3)13(4)21-17/h5-8,16H,1,9-10,18H2,2-4H3. The minimum absolute atomic E-state index is 0.0369. The summed E-state index contributed by atoms with van der Waals surface area (Å²) in [6.07, 6.45) is 0.769. The highest BCUT2D eigenvalue weighted by atomic mass is 32.1. The van der Waals surface area contributed by atoms with Crippen LogP contribution in [0.15, 0.2) is 36.4 Å². The summed E-state index contributed by atoms with van der Waals surface area (Å²) in [6, 6.07) is 7.91. The Hall–Kier alpha value is -1.65. The predicted octanol–water partition coefficient (Wildman–Crippen LogP) is 3.96. The number of nitrogens with two attached hydrogens (primary N) is 1. The van der Waals surface area contributed by atoms with Crippen molar-refractivity contribution in [3.63, 3.8) is 0 Å². The second kappa shape index (κ2) is 6.87. The molecular weight excluding hydrogens is 280 g/mol. The van der Waals surface area contributed by atoms with E-state index in [9.17, 15) is 0 Å². The average molecular weight is 302 g/mol. The van der Waals surface area contributed by atoms with Crippen LogP contribution in [0.2, 0.25) is 0 Å². The largest absolute Gasteiger partial charge is 0.489 e. The van der Waals surface area contributed by atoms with E-state index in [0.29, 0.717) is 6.61 Å². The lowest BCUT2D eigenvalue weighted by atomic mass is 10.1. The number of rotatable bonds is 6. The molecule has 0 amide bonds. The van der Waals surface area contributed by atoms with Crippen LogP contribution in [0, 0.1) is 13.8 Å². The van der Waals surface area contributed by atoms with Crippen molar-refractivity contribution in [2.75, 3.05) is 6.61 Å². The van der Waals surface area contributed by atoms with Crippen molar-refractivity contribution in [1.82, 2.24) is 4.98 Å². The fourth-order valence-corrected chi connectivity index (χ4v) is 2.94. The zero-order valence-electron chi connectivity index (χ0n) is 12.8. The molecule has 1 unspecified atom stereocenters. The van der Waals surface area contributed by atoms with Crippen molar-refractivity contribution >= 4 is 11.3 Å². The molecule has 2 N–H and O–H groups in total. The van der Waals surface area contributed by atoms with E-state index >= 15 is 0 Å². The van der Waals surface area contributed by atoms with Crippen LogP contribution < -0.4 is 10.5 Å². The van der Waals surface area contributed by atoms with Crippen molar-refractivity contribution in [3.8, 4) is 5.75 Å². The molecule has 0 spiro atoms. The molecule has 3 nitrogen and oxygen atoms in total. The summed E-state index contributed by atoms with van der Waals surface area (Å²) in [6.45, 7) is 10.4. The third-order valence-corrected chi connectivity index (χ3v) is 4.36. The third-order valence-electron chi connectivity index (χ3n) is 3.26. The maximum absolute atomic E-state index is 6.27. The Morgan fingerprint density at radius 3 is 2.52 bits per heavy atom. The first-order valence-corrected chi connectivity index (χ1v) is 7.83. The summed E-state index contributed by atoms with van der Waals surface area (Å²) in [5, 5.41) is 1.10. The van der Waals surface area contributed by atoms with Crippen molar-refractivity contribution in [1.29, 1.82) is 0 Å². The Morgan fingerprint density at radius 2 is 2.00 bits per heavy atom. The second-order valence-electron chi connectivity index (χ2n) is 5.37. The van der Waals surface area contributed by atoms with Gasteiger partial charge in [-0.2, -0.15) is 0 Å². The van der Waals surface area contributed by atoms with Crippen molar-refractivity contribution in [2.24, 2.45) is 5.73 Å². The minimum Gasteiger partial charge on any atom is -0.489 e. The summed E-state index contributed by atoms with van der Waals surface area (Å²) in [5.74, 6) is 0.842. The molecule has 1 atom stereocenters. The van der Waals surface area contributed by atoms with Crippen molar-refractivity contribution in [3.05, 3.63) is 57.6 Å². The zero-order chi connectivity index (χ0) is 15.4. The van der Waals surface area contributed by atoms with Gasteiger partial charge in [0.1, 0.15) is 12.4 Å². The van der Waals surface area contributed by atoms with Crippen molar-refractivity contribution < 1.29 is 4.74 Å². The van der Waals surface area contributed by atoms with Gasteiger partial charge in [-0.25, -0.2) is 4.98 Å². The lowest BCUT2D eigenvalue weighted by molar-refractivity contribution is 0.352. The maximum atomic E-state index is 6.27. The van der Waals surface area contributed by atoms with Gasteiger partial charge in [-0.3, -0.25) is 0 Å². The molecule has 2 rings (SSSR count). The number of nitrogens with zero attached hydrogens (tertiary/aromatic N) is 1. The van der Waals surface area contributed by atoms with Crippen LogP contribution in [0.25, 0.3) is 0 Å². The smallest absolute Gasteiger partial charge is 0.119 e. The monoisotopic (exact) mass is 302 g/mol. The topological polar surface area (TPSA) is 48.1 Å². The van der Waals surface area contributed by atoms with Crippen LogP contribution in [0.5, 0.6) is 5.75 Å². The Kier molecular flexibility index (Phi) is 5.15. The van der Waals surface area contributed by atoms with Gasteiger partial charge in [-0.05, 0) is 44.0 Å². The Labute approximate surface area is 130 Å². The minimum atomic E-state index is -0.0369. The molecular formula is C17H22N2OS. The highest BCUT2D eigenvalue weighted by Crippen LogP contribution is 2.23. The molecule has 21 heavy (non-hydrogen) atoms. The molecule has 4 heteroatoms. The van der Waals surface area contributed by atoms with Gasteiger partial charge in [0, 0.05) is 17.3 Å². The Balaban J connectivity index is 1.99. The van der Waals surface area contributed by atoms with Gasteiger partial charge in [0.05, 0.1) is 10.7 Å². The van der Waals surface area contributed by atoms with Gasteiger partial charge in [0.2, 0.25) is 0 Å². The molecule has 0 saturated carbocycles. The molecule has 0 aliphatic heterocycles. The highest BCUT2D eigenvalue weighted by molar-refractivity contribution is 7.11. The SMILES string of the molecule is C=C(C)COc1ccc(C(N)Cc2nc(C)c(C)s2)cc1. The molecule has 0 saturated heterocycles. The van der Waals surface area contributed by atoms with E-state index in [-0.39, 0.29) is 6.04 Å². The summed E-state index contributed by atoms with van der Waals surface area (Å²) < 4.78 is 5.59. The van der Waals surface area contributed by atoms with E-state index in [0.717, 1.165) is 34.0 Å². The average Bonchev–Trinajstić information content (AvgIpc) is 2.75. The van der Waals surface area contributed by atoms with Gasteiger partial charge in [0.15, 0.2) is 0 Å². The molecule has 1 heterocycles. The number of aromatic nitrogens is 1. The summed E-state index contributed by atoms with van der Waals surface area (Å²) in [5.41, 5.74) is 9.48. The molecule has 0 aliphatic rings. The van der Waals surface area contributed by atoms with E-state index < -0.39 is 0 Å². The van der Waals surface area contributed by atoms with Crippen LogP contribution in [0.1, 0.15) is 34.1 Å². The third kappa shape index (κ3) is 4.41. The zero-order valence-corrected chi connectivity index (χ0v) is 13.7. The fraction of sp³-hybridized carbons (Fsp3) is 0.353. The number of thiazole rings is 1. The molecule has 1 aromatic heterocycles. The van der Waals surface area contributed by atoms with Gasteiger partial charge in [0.25, 0.3) is 0 Å². The lowest BCUT2D eigenvalue weighted by Gasteiger charge is -2.12. The lowest BCUT2D eigenvalue weighted by Crippen LogP contribution is -2.13. The van der Waals surface area contributed by atoms with Crippen LogP contribution >= 0.6 is 11.3 Å². The van der Waals surface area contributed by atoms with Gasteiger partial charge >= 0.3 is 0 Å². The molecule has 2 aromatic rings. The quantitative estimate of drug-likeness (QED) is 0.822. The van der Waals surface area contributed by atoms with E-state index in [2.05, 4.69) is 18.5 Å². The van der Waals surface area contributed by atoms with Crippen LogP contribution in [0.4, 0.5) is 0 Å². The van der Waals surface area contributed by atoms with Crippen LogP contribution in [-0.4, -0.2) is 11.6 Å². The summed E-state index contributed by atoms with van der Waals surface area (Å²) in [4.78, 5) is 5.81. The van der Waals surface area contributed by atoms with Gasteiger partial charge < -0.3 is 10.5 Å². The number of ether oxygens (including phenoxy) is 1. The first-order valence-electron chi connectivity index (χ1n) is 7.01. The molecule has 1 aromatic carbocycles. The second-order valence-corrected chi connectivity index (χ2v) is 6.66. The molecule has 0 fully saturated rings. The number of hydrogen-bond acceptors (Lipinski definition) is 4. The van der Waals surface area contributed by atoms with Crippen LogP contribution in [-0.2, 0) is 6.42 Å². The predicted molar refractivity (Wildman–Crippen MR) is 89.0 cm³/mol. The van der Waals surface area contributed by atoms with E-state index in [1.807, 2.05) is 38.1 Å². The number of benzene rings is 1. The number of hydrogen-bond donors (Lipinski definition) is 1. The van der Waals surface area contributed by atoms with E-state index in [1.165, 1.54) is 4.88 Å². The van der Waals surface area contributed by atoms with E-state index in [1.54, 1.807) is 11.3 Å². The first-order chi connectivity index (χ1) is 9.95. The maximum Gasteiger partial charge on any atom is 0.119 e. The van der Waals surface area contributed by atoms with Crippen LogP contribution in [0.3, 0.4) is 0 Å². The fourth-order valence-electron chi connectivity index (χ4n) is 1.95. The normalized spacial score (nSPS) is 12.2. The van der Waals surface area contributed by atoms with Gasteiger partial charge in [-0.1, -0.05) is 18.7 Å². The Bertz CT molecular complexity index is 597. The van der Waals surface area contributed by atoms with E-state index in [4.69, 9.17) is 10.5 Å². The summed E-state index contributed by atoms with van der Waals surface area (Å²) >= 11 is 1.73. The molecule has 0 aliphatic carbocycles. The van der Waals surface area contributed by atoms with Crippen molar-refractivity contribution in [2.45, 2.75) is 33.2 Å². The summed E-state index contributed by atoms with van der Waals surface area (Å²) in [7, 11) is 0. The molecule has 0 bridgehead atoms. The first kappa shape index (κ1) is 15.7. The number of aryl methyl sites for hydroxylation is 2. The molecule has 112 valence electrons. The molecule has 0 radical (unpaired) electrons. The highest BCUT2D eigenvalue weighted by Gasteiger charge is 2.11.